The van der Waals surface area contributed by atoms with Crippen molar-refractivity contribution in [3.8, 4) is 5.88 Å². The maximum absolute atomic E-state index is 13.5. The lowest BCUT2D eigenvalue weighted by molar-refractivity contribution is -0.137. The molecule has 0 saturated heterocycles. The van der Waals surface area contributed by atoms with E-state index in [0.29, 0.717) is 46.9 Å². The van der Waals surface area contributed by atoms with Crippen LogP contribution in [-0.2, 0) is 29.2 Å². The van der Waals surface area contributed by atoms with Gasteiger partial charge in [0, 0.05) is 30.6 Å². The maximum Gasteiger partial charge on any atom is 0.416 e. The molecule has 0 fully saturated rings. The van der Waals surface area contributed by atoms with Crippen LogP contribution in [0.15, 0.2) is 65.7 Å². The van der Waals surface area contributed by atoms with Crippen LogP contribution in [0.25, 0.3) is 10.9 Å². The Kier molecular flexibility index (Phi) is 6.81. The van der Waals surface area contributed by atoms with E-state index in [9.17, 15) is 21.6 Å². The second kappa shape index (κ2) is 9.52. The zero-order chi connectivity index (χ0) is 25.4. The van der Waals surface area contributed by atoms with Crippen molar-refractivity contribution in [1.29, 1.82) is 0 Å². The minimum Gasteiger partial charge on any atom is -0.481 e. The summed E-state index contributed by atoms with van der Waals surface area (Å²) in [7, 11) is -1.12. The van der Waals surface area contributed by atoms with Crippen LogP contribution in [0.1, 0.15) is 22.3 Å². The molecule has 0 aliphatic heterocycles. The molecule has 184 valence electrons. The monoisotopic (exact) mass is 523 g/mol. The Morgan fingerprint density at radius 2 is 1.86 bits per heavy atom. The molecule has 6 nitrogen and oxygen atoms in total. The predicted octanol–water partition coefficient (Wildman–Crippen LogP) is 5.26. The van der Waals surface area contributed by atoms with Crippen molar-refractivity contribution in [2.24, 2.45) is 0 Å². The topological polar surface area (TPSA) is 73.2 Å². The van der Waals surface area contributed by atoms with Crippen LogP contribution >= 0.6 is 11.6 Å². The zero-order valence-corrected chi connectivity index (χ0v) is 20.3. The summed E-state index contributed by atoms with van der Waals surface area (Å²) in [6, 6.07) is 12.5. The summed E-state index contributed by atoms with van der Waals surface area (Å²) in [6.07, 6.45) is -2.87. The van der Waals surface area contributed by atoms with Gasteiger partial charge < -0.3 is 10.1 Å². The number of benzene rings is 2. The second-order valence-corrected chi connectivity index (χ2v) is 10.0. The summed E-state index contributed by atoms with van der Waals surface area (Å²) in [4.78, 5) is 3.69. The van der Waals surface area contributed by atoms with Crippen molar-refractivity contribution in [1.82, 2.24) is 14.3 Å². The number of halogens is 4. The van der Waals surface area contributed by atoms with Crippen molar-refractivity contribution < 1.29 is 26.3 Å². The maximum atomic E-state index is 13.5. The van der Waals surface area contributed by atoms with Crippen molar-refractivity contribution in [3.63, 3.8) is 0 Å². The molecule has 35 heavy (non-hydrogen) atoms. The summed E-state index contributed by atoms with van der Waals surface area (Å²) < 4.78 is 72.7. The SMILES string of the molecule is CNCc1cn(S(=O)(=O)c2cccc(C(F)(F)F)c2)c2cc(Cc3ccc(OC)nc3Cl)ccc12. The van der Waals surface area contributed by atoms with Gasteiger partial charge in [0.1, 0.15) is 5.15 Å². The Hall–Kier alpha value is -3.08. The van der Waals surface area contributed by atoms with Gasteiger partial charge in [-0.25, -0.2) is 17.4 Å². The number of alkyl halides is 3. The molecular weight excluding hydrogens is 503 g/mol. The van der Waals surface area contributed by atoms with Gasteiger partial charge in [-0.15, -0.1) is 0 Å². The highest BCUT2D eigenvalue weighted by atomic mass is 35.5. The van der Waals surface area contributed by atoms with Crippen LogP contribution in [0, 0.1) is 0 Å². The number of hydrogen-bond acceptors (Lipinski definition) is 5. The number of methoxy groups -OCH3 is 1. The molecule has 4 aromatic rings. The first-order chi connectivity index (χ1) is 16.5. The van der Waals surface area contributed by atoms with Crippen LogP contribution in [0.3, 0.4) is 0 Å². The van der Waals surface area contributed by atoms with E-state index in [2.05, 4.69) is 10.3 Å². The highest BCUT2D eigenvalue weighted by molar-refractivity contribution is 7.90. The lowest BCUT2D eigenvalue weighted by atomic mass is 10.0. The third kappa shape index (κ3) is 5.00. The van der Waals surface area contributed by atoms with Crippen molar-refractivity contribution in [3.05, 3.63) is 88.2 Å². The van der Waals surface area contributed by atoms with E-state index in [1.807, 2.05) is 6.07 Å². The van der Waals surface area contributed by atoms with Gasteiger partial charge in [-0.05, 0) is 48.0 Å². The summed E-state index contributed by atoms with van der Waals surface area (Å²) in [5.41, 5.74) is 1.46. The minimum atomic E-state index is -4.67. The quantitative estimate of drug-likeness (QED) is 0.334. The molecule has 0 radical (unpaired) electrons. The molecule has 0 aliphatic rings. The van der Waals surface area contributed by atoms with Crippen molar-refractivity contribution in [2.45, 2.75) is 24.0 Å². The molecule has 4 rings (SSSR count). The summed E-state index contributed by atoms with van der Waals surface area (Å²) in [5, 5.41) is 3.91. The van der Waals surface area contributed by atoms with Gasteiger partial charge in [-0.1, -0.05) is 35.9 Å². The Morgan fingerprint density at radius 1 is 1.09 bits per heavy atom. The van der Waals surface area contributed by atoms with Gasteiger partial charge in [0.05, 0.1) is 23.1 Å². The number of aromatic nitrogens is 2. The van der Waals surface area contributed by atoms with Gasteiger partial charge in [0.15, 0.2) is 0 Å². The molecule has 0 saturated carbocycles. The van der Waals surface area contributed by atoms with Crippen LogP contribution in [0.2, 0.25) is 5.15 Å². The van der Waals surface area contributed by atoms with Crippen LogP contribution < -0.4 is 10.1 Å². The lowest BCUT2D eigenvalue weighted by Gasteiger charge is -2.12. The number of fused-ring (bicyclic) bond motifs is 1. The van der Waals surface area contributed by atoms with Crippen molar-refractivity contribution in [2.75, 3.05) is 14.2 Å². The number of nitrogens with one attached hydrogen (secondary N) is 1. The molecule has 1 N–H and O–H groups in total. The first-order valence-corrected chi connectivity index (χ1v) is 12.3. The smallest absolute Gasteiger partial charge is 0.416 e. The largest absolute Gasteiger partial charge is 0.481 e. The number of nitrogens with zero attached hydrogens (tertiary/aromatic N) is 2. The van der Waals surface area contributed by atoms with Gasteiger partial charge in [-0.3, -0.25) is 0 Å². The molecule has 0 aliphatic carbocycles. The predicted molar refractivity (Wildman–Crippen MR) is 127 cm³/mol. The van der Waals surface area contributed by atoms with E-state index in [4.69, 9.17) is 16.3 Å². The molecule has 0 atom stereocenters. The molecule has 0 unspecified atom stereocenters. The fourth-order valence-electron chi connectivity index (χ4n) is 3.81. The Morgan fingerprint density at radius 3 is 2.51 bits per heavy atom. The summed E-state index contributed by atoms with van der Waals surface area (Å²) >= 11 is 6.26. The number of hydrogen-bond donors (Lipinski definition) is 1. The first kappa shape index (κ1) is 25.0. The second-order valence-electron chi connectivity index (χ2n) is 7.84. The number of ether oxygens (including phenoxy) is 1. The number of pyridine rings is 1. The average Bonchev–Trinajstić information content (AvgIpc) is 3.18. The molecule has 11 heteroatoms. The van der Waals surface area contributed by atoms with Gasteiger partial charge in [0.2, 0.25) is 5.88 Å². The molecule has 2 aromatic carbocycles. The van der Waals surface area contributed by atoms with E-state index in [1.165, 1.54) is 13.3 Å². The molecular formula is C24H21ClF3N3O3S. The first-order valence-electron chi connectivity index (χ1n) is 10.4. The summed E-state index contributed by atoms with van der Waals surface area (Å²) in [6.45, 7) is 0.370. The van der Waals surface area contributed by atoms with E-state index in [0.717, 1.165) is 27.7 Å². The van der Waals surface area contributed by atoms with Crippen LogP contribution in [-0.4, -0.2) is 31.5 Å². The van der Waals surface area contributed by atoms with E-state index in [1.54, 1.807) is 31.3 Å². The van der Waals surface area contributed by atoms with Crippen LogP contribution in [0.4, 0.5) is 13.2 Å². The molecule has 2 aromatic heterocycles. The third-order valence-electron chi connectivity index (χ3n) is 5.51. The summed E-state index contributed by atoms with van der Waals surface area (Å²) in [5.74, 6) is 0.368. The fraction of sp³-hybridized carbons (Fsp3) is 0.208. The molecule has 0 bridgehead atoms. The zero-order valence-electron chi connectivity index (χ0n) is 18.7. The van der Waals surface area contributed by atoms with Crippen LogP contribution in [0.5, 0.6) is 5.88 Å². The van der Waals surface area contributed by atoms with E-state index in [-0.39, 0.29) is 5.15 Å². The normalized spacial score (nSPS) is 12.3. The van der Waals surface area contributed by atoms with Crippen molar-refractivity contribution >= 4 is 32.5 Å². The highest BCUT2D eigenvalue weighted by Crippen LogP contribution is 2.33. The molecule has 0 amide bonds. The molecule has 2 heterocycles. The Labute approximate surface area is 205 Å². The van der Waals surface area contributed by atoms with E-state index < -0.39 is 26.7 Å². The van der Waals surface area contributed by atoms with Gasteiger partial charge >= 0.3 is 6.18 Å². The lowest BCUT2D eigenvalue weighted by Crippen LogP contribution is -2.14. The van der Waals surface area contributed by atoms with E-state index >= 15 is 0 Å². The standard InChI is InChI=1S/C24H21ClF3N3O3S/c1-29-13-17-14-31(35(32,33)19-5-3-4-18(12-19)24(26,27)28)21-11-15(6-8-20(17)21)10-16-7-9-22(34-2)30-23(16)25/h3-9,11-12,14,29H,10,13H2,1-2H3. The third-order valence-corrected chi connectivity index (χ3v) is 7.51. The minimum absolute atomic E-state index is 0.257. The number of rotatable bonds is 7. The van der Waals surface area contributed by atoms with Gasteiger partial charge in [-0.2, -0.15) is 13.2 Å². The average molecular weight is 524 g/mol. The molecule has 0 spiro atoms. The Balaban J connectivity index is 1.83. The van der Waals surface area contributed by atoms with Gasteiger partial charge in [0.25, 0.3) is 10.0 Å². The highest BCUT2D eigenvalue weighted by Gasteiger charge is 2.32. The Bertz CT molecular complexity index is 1500. The fourth-order valence-corrected chi connectivity index (χ4v) is 5.45.